The average molecular weight is 194 g/mol. The maximum atomic E-state index is 5.45. The van der Waals surface area contributed by atoms with Gasteiger partial charge in [0, 0.05) is 0 Å². The van der Waals surface area contributed by atoms with E-state index in [2.05, 4.69) is 32.9 Å². The second-order valence-electron chi connectivity index (χ2n) is 4.32. The molecule has 0 saturated heterocycles. The molecule has 1 aromatic rings. The number of hydrogen-bond donors (Lipinski definition) is 0. The van der Waals surface area contributed by atoms with E-state index in [1.54, 1.807) is 0 Å². The van der Waals surface area contributed by atoms with Gasteiger partial charge in [-0.2, -0.15) is 0 Å². The summed E-state index contributed by atoms with van der Waals surface area (Å²) in [6.45, 7) is 6.59. The summed E-state index contributed by atoms with van der Waals surface area (Å²) in [5.41, 5.74) is 1.48. The lowest BCUT2D eigenvalue weighted by molar-refractivity contribution is 0.540. The Kier molecular flexibility index (Phi) is 1.84. The van der Waals surface area contributed by atoms with E-state index < -0.39 is 10.0 Å². The zero-order chi connectivity index (χ0) is 9.47. The van der Waals surface area contributed by atoms with Crippen molar-refractivity contribution in [3.63, 3.8) is 0 Å². The van der Waals surface area contributed by atoms with Crippen molar-refractivity contribution in [2.24, 2.45) is 0 Å². The molecule has 0 aromatic heterocycles. The highest BCUT2D eigenvalue weighted by atomic mass is 28.3. The molecule has 1 aliphatic rings. The monoisotopic (exact) mass is 194 g/mol. The van der Waals surface area contributed by atoms with Crippen LogP contribution in [0.5, 0.6) is 11.5 Å². The van der Waals surface area contributed by atoms with Crippen molar-refractivity contribution in [3.05, 3.63) is 23.8 Å². The quantitative estimate of drug-likeness (QED) is 0.586. The van der Waals surface area contributed by atoms with E-state index in [0.29, 0.717) is 0 Å². The van der Waals surface area contributed by atoms with Gasteiger partial charge in [0.05, 0.1) is 0 Å². The Morgan fingerprint density at radius 3 is 2.46 bits per heavy atom. The Hall–Kier alpha value is -0.963. The van der Waals surface area contributed by atoms with Crippen LogP contribution in [0.2, 0.25) is 0 Å². The van der Waals surface area contributed by atoms with Crippen LogP contribution >= 0.6 is 0 Å². The molecule has 0 saturated carbocycles. The van der Waals surface area contributed by atoms with Gasteiger partial charge in [-0.1, -0.05) is 26.8 Å². The van der Waals surface area contributed by atoms with Gasteiger partial charge < -0.3 is 8.85 Å². The van der Waals surface area contributed by atoms with Crippen molar-refractivity contribution in [1.82, 2.24) is 0 Å². The molecule has 70 valence electrons. The maximum Gasteiger partial charge on any atom is 0.427 e. The maximum absolute atomic E-state index is 5.45. The fourth-order valence-corrected chi connectivity index (χ4v) is 2.14. The zero-order valence-electron chi connectivity index (χ0n) is 8.26. The molecule has 0 aliphatic carbocycles. The van der Waals surface area contributed by atoms with Crippen LogP contribution in [-0.2, 0) is 5.41 Å². The first-order valence-corrected chi connectivity index (χ1v) is 5.63. The Bertz CT molecular complexity index is 328. The summed E-state index contributed by atoms with van der Waals surface area (Å²) in [5.74, 6) is 1.85. The third-order valence-corrected chi connectivity index (χ3v) is 3.10. The largest absolute Gasteiger partial charge is 0.513 e. The van der Waals surface area contributed by atoms with E-state index in [0.717, 1.165) is 11.5 Å². The van der Waals surface area contributed by atoms with Crippen molar-refractivity contribution >= 4 is 10.0 Å². The average Bonchev–Trinajstić information content (AvgIpc) is 2.47. The Morgan fingerprint density at radius 1 is 1.08 bits per heavy atom. The van der Waals surface area contributed by atoms with Crippen LogP contribution in [0.1, 0.15) is 26.3 Å². The molecule has 0 atom stereocenters. The van der Waals surface area contributed by atoms with E-state index >= 15 is 0 Å². The highest BCUT2D eigenvalue weighted by Crippen LogP contribution is 2.35. The van der Waals surface area contributed by atoms with Crippen LogP contribution in [0.15, 0.2) is 18.2 Å². The fourth-order valence-electron chi connectivity index (χ4n) is 1.36. The minimum Gasteiger partial charge on any atom is -0.513 e. The first-order valence-electron chi connectivity index (χ1n) is 4.47. The molecule has 2 rings (SSSR count). The SMILES string of the molecule is CC(C)(C)c1ccc2c(c1)O[SiH2]O2. The van der Waals surface area contributed by atoms with Crippen LogP contribution in [0.4, 0.5) is 0 Å². The molecule has 0 radical (unpaired) electrons. The van der Waals surface area contributed by atoms with E-state index in [1.165, 1.54) is 5.56 Å². The number of hydrogen-bond acceptors (Lipinski definition) is 2. The van der Waals surface area contributed by atoms with Crippen LogP contribution in [-0.4, -0.2) is 10.0 Å². The molecular formula is C10H14O2Si. The summed E-state index contributed by atoms with van der Waals surface area (Å²) < 4.78 is 10.8. The van der Waals surface area contributed by atoms with Crippen molar-refractivity contribution in [2.45, 2.75) is 26.2 Å². The van der Waals surface area contributed by atoms with Crippen molar-refractivity contribution in [1.29, 1.82) is 0 Å². The summed E-state index contributed by atoms with van der Waals surface area (Å²) in [6.07, 6.45) is 0. The topological polar surface area (TPSA) is 18.5 Å². The summed E-state index contributed by atoms with van der Waals surface area (Å²) >= 11 is 0. The number of fused-ring (bicyclic) bond motifs is 1. The molecular weight excluding hydrogens is 180 g/mol. The molecule has 0 fully saturated rings. The van der Waals surface area contributed by atoms with E-state index in [1.807, 2.05) is 6.07 Å². The molecule has 0 unspecified atom stereocenters. The van der Waals surface area contributed by atoms with Gasteiger partial charge in [-0.3, -0.25) is 0 Å². The predicted molar refractivity (Wildman–Crippen MR) is 54.9 cm³/mol. The second-order valence-corrected chi connectivity index (χ2v) is 5.13. The van der Waals surface area contributed by atoms with Gasteiger partial charge in [0.1, 0.15) is 11.5 Å². The van der Waals surface area contributed by atoms with Crippen molar-refractivity contribution in [2.75, 3.05) is 0 Å². The molecule has 13 heavy (non-hydrogen) atoms. The van der Waals surface area contributed by atoms with Gasteiger partial charge in [-0.15, -0.1) is 0 Å². The van der Waals surface area contributed by atoms with Crippen molar-refractivity contribution in [3.8, 4) is 11.5 Å². The first kappa shape index (κ1) is 8.63. The van der Waals surface area contributed by atoms with Gasteiger partial charge in [0.25, 0.3) is 0 Å². The van der Waals surface area contributed by atoms with Crippen LogP contribution in [0.25, 0.3) is 0 Å². The molecule has 1 aromatic carbocycles. The van der Waals surface area contributed by atoms with E-state index in [4.69, 9.17) is 8.85 Å². The van der Waals surface area contributed by atoms with Gasteiger partial charge in [-0.05, 0) is 23.1 Å². The van der Waals surface area contributed by atoms with Gasteiger partial charge in [0.2, 0.25) is 0 Å². The smallest absolute Gasteiger partial charge is 0.427 e. The lowest BCUT2D eigenvalue weighted by atomic mass is 9.87. The van der Waals surface area contributed by atoms with Gasteiger partial charge in [0.15, 0.2) is 0 Å². The summed E-state index contributed by atoms with van der Waals surface area (Å²) in [6, 6.07) is 6.22. The summed E-state index contributed by atoms with van der Waals surface area (Å²) in [5, 5.41) is 0. The fraction of sp³-hybridized carbons (Fsp3) is 0.400. The Labute approximate surface area is 80.9 Å². The minimum absolute atomic E-state index is 0.183. The molecule has 2 nitrogen and oxygen atoms in total. The molecule has 0 N–H and O–H groups in total. The molecule has 0 amide bonds. The normalized spacial score (nSPS) is 16.5. The molecule has 1 heterocycles. The van der Waals surface area contributed by atoms with Crippen LogP contribution in [0, 0.1) is 0 Å². The summed E-state index contributed by atoms with van der Waals surface area (Å²) in [7, 11) is -0.770. The Balaban J connectivity index is 2.42. The predicted octanol–water partition coefficient (Wildman–Crippen LogP) is 1.75. The Morgan fingerprint density at radius 2 is 1.77 bits per heavy atom. The first-order chi connectivity index (χ1) is 6.07. The van der Waals surface area contributed by atoms with E-state index in [-0.39, 0.29) is 5.41 Å². The number of rotatable bonds is 0. The second kappa shape index (κ2) is 2.77. The van der Waals surface area contributed by atoms with E-state index in [9.17, 15) is 0 Å². The molecule has 1 aliphatic heterocycles. The minimum atomic E-state index is -0.770. The van der Waals surface area contributed by atoms with Crippen LogP contribution < -0.4 is 8.85 Å². The van der Waals surface area contributed by atoms with Gasteiger partial charge in [-0.25, -0.2) is 0 Å². The van der Waals surface area contributed by atoms with Crippen LogP contribution in [0.3, 0.4) is 0 Å². The molecule has 0 spiro atoms. The third kappa shape index (κ3) is 1.56. The molecule has 0 bridgehead atoms. The van der Waals surface area contributed by atoms with Crippen molar-refractivity contribution < 1.29 is 8.85 Å². The van der Waals surface area contributed by atoms with Gasteiger partial charge >= 0.3 is 10.0 Å². The lowest BCUT2D eigenvalue weighted by Crippen LogP contribution is -2.10. The number of benzene rings is 1. The standard InChI is InChI=1S/C10H14O2Si/c1-10(2,3)7-4-5-8-9(6-7)12-13-11-8/h4-6H,13H2,1-3H3. The third-order valence-electron chi connectivity index (χ3n) is 2.24. The summed E-state index contributed by atoms with van der Waals surface area (Å²) in [4.78, 5) is 0. The highest BCUT2D eigenvalue weighted by molar-refractivity contribution is 6.22. The molecule has 3 heteroatoms. The highest BCUT2D eigenvalue weighted by Gasteiger charge is 2.19. The zero-order valence-corrected chi connectivity index (χ0v) is 9.67. The lowest BCUT2D eigenvalue weighted by Gasteiger charge is -2.19.